The number of hydrogen-bond acceptors (Lipinski definition) is 3. The Morgan fingerprint density at radius 1 is 1.35 bits per heavy atom. The van der Waals surface area contributed by atoms with Crippen LogP contribution in [0.25, 0.3) is 11.2 Å². The highest BCUT2D eigenvalue weighted by Gasteiger charge is 2.20. The van der Waals surface area contributed by atoms with Gasteiger partial charge in [-0.2, -0.15) is 11.3 Å². The molecular weight excluding hydrogens is 290 g/mol. The van der Waals surface area contributed by atoms with E-state index in [0.29, 0.717) is 0 Å². The van der Waals surface area contributed by atoms with E-state index in [-0.39, 0.29) is 11.4 Å². The van der Waals surface area contributed by atoms with E-state index in [1.54, 1.807) is 17.5 Å². The Kier molecular flexibility index (Phi) is 3.76. The summed E-state index contributed by atoms with van der Waals surface area (Å²) in [6.45, 7) is 4.15. The molecule has 0 radical (unpaired) electrons. The van der Waals surface area contributed by atoms with E-state index < -0.39 is 0 Å². The Morgan fingerprint density at radius 2 is 2.20 bits per heavy atom. The van der Waals surface area contributed by atoms with Gasteiger partial charge in [-0.15, -0.1) is 11.6 Å². The first-order valence-corrected chi connectivity index (χ1v) is 8.02. The third kappa shape index (κ3) is 2.45. The predicted octanol–water partition coefficient (Wildman–Crippen LogP) is 4.60. The number of imidazole rings is 1. The van der Waals surface area contributed by atoms with Crippen molar-refractivity contribution >= 4 is 34.1 Å². The molecule has 0 fully saturated rings. The Bertz CT molecular complexity index is 703. The average molecular weight is 306 g/mol. The first kappa shape index (κ1) is 13.6. The molecule has 2 atom stereocenters. The molecule has 3 heterocycles. The number of fused-ring (bicyclic) bond motifs is 1. The number of hydrogen-bond donors (Lipinski definition) is 0. The predicted molar refractivity (Wildman–Crippen MR) is 84.5 cm³/mol. The highest BCUT2D eigenvalue weighted by molar-refractivity contribution is 7.07. The molecule has 0 aliphatic heterocycles. The van der Waals surface area contributed by atoms with E-state index >= 15 is 0 Å². The molecule has 104 valence electrons. The maximum atomic E-state index is 6.30. The van der Waals surface area contributed by atoms with Crippen LogP contribution in [0.5, 0.6) is 0 Å². The Hall–Kier alpha value is -1.39. The molecule has 3 aromatic heterocycles. The van der Waals surface area contributed by atoms with Gasteiger partial charge in [-0.3, -0.25) is 0 Å². The van der Waals surface area contributed by atoms with Gasteiger partial charge in [0.25, 0.3) is 0 Å². The zero-order valence-corrected chi connectivity index (χ0v) is 13.0. The van der Waals surface area contributed by atoms with Crippen molar-refractivity contribution in [3.8, 4) is 0 Å². The molecule has 0 bridgehead atoms. The summed E-state index contributed by atoms with van der Waals surface area (Å²) in [5.41, 5.74) is 3.17. The fourth-order valence-corrected chi connectivity index (χ4v) is 3.34. The molecule has 0 N–H and O–H groups in total. The lowest BCUT2D eigenvalue weighted by molar-refractivity contribution is 0.532. The normalized spacial score (nSPS) is 14.6. The number of pyridine rings is 1. The molecule has 0 spiro atoms. The summed E-state index contributed by atoms with van der Waals surface area (Å²) in [6.07, 6.45) is 2.77. The summed E-state index contributed by atoms with van der Waals surface area (Å²) in [7, 11) is 0. The van der Waals surface area contributed by atoms with Gasteiger partial charge in [0.05, 0.1) is 5.38 Å². The van der Waals surface area contributed by atoms with E-state index in [9.17, 15) is 0 Å². The standard InChI is InChI=1S/C15H16ClN3S/c1-10(8-12-5-7-20-9-12)19-14(11(2)16)18-13-4-3-6-17-15(13)19/h3-7,9-11H,8H2,1-2H3. The van der Waals surface area contributed by atoms with Crippen LogP contribution in [0.1, 0.15) is 36.7 Å². The molecule has 0 amide bonds. The molecule has 2 unspecified atom stereocenters. The molecular formula is C15H16ClN3S. The molecule has 0 saturated heterocycles. The smallest absolute Gasteiger partial charge is 0.160 e. The maximum Gasteiger partial charge on any atom is 0.160 e. The minimum absolute atomic E-state index is 0.130. The second kappa shape index (κ2) is 5.54. The van der Waals surface area contributed by atoms with Gasteiger partial charge in [0.1, 0.15) is 11.3 Å². The lowest BCUT2D eigenvalue weighted by Gasteiger charge is -2.17. The van der Waals surface area contributed by atoms with Crippen LogP contribution in [-0.4, -0.2) is 14.5 Å². The van der Waals surface area contributed by atoms with Crippen LogP contribution in [0.2, 0.25) is 0 Å². The van der Waals surface area contributed by atoms with E-state index in [0.717, 1.165) is 23.4 Å². The molecule has 0 aliphatic rings. The van der Waals surface area contributed by atoms with Gasteiger partial charge >= 0.3 is 0 Å². The molecule has 20 heavy (non-hydrogen) atoms. The van der Waals surface area contributed by atoms with Crippen LogP contribution < -0.4 is 0 Å². The molecule has 0 saturated carbocycles. The van der Waals surface area contributed by atoms with Crippen LogP contribution in [0, 0.1) is 0 Å². The minimum Gasteiger partial charge on any atom is -0.308 e. The maximum absolute atomic E-state index is 6.30. The molecule has 0 aromatic carbocycles. The lowest BCUT2D eigenvalue weighted by atomic mass is 10.1. The van der Waals surface area contributed by atoms with E-state index in [2.05, 4.69) is 38.3 Å². The van der Waals surface area contributed by atoms with Crippen molar-refractivity contribution in [2.45, 2.75) is 31.7 Å². The zero-order chi connectivity index (χ0) is 14.1. The Balaban J connectivity index is 2.06. The fraction of sp³-hybridized carbons (Fsp3) is 0.333. The average Bonchev–Trinajstić information content (AvgIpc) is 3.04. The Morgan fingerprint density at radius 3 is 2.90 bits per heavy atom. The third-order valence-corrected chi connectivity index (χ3v) is 4.31. The lowest BCUT2D eigenvalue weighted by Crippen LogP contribution is -2.12. The van der Waals surface area contributed by atoms with Crippen molar-refractivity contribution in [1.82, 2.24) is 14.5 Å². The van der Waals surface area contributed by atoms with Gasteiger partial charge in [0.15, 0.2) is 5.65 Å². The molecule has 3 aromatic rings. The summed E-state index contributed by atoms with van der Waals surface area (Å²) in [5, 5.41) is 4.17. The fourth-order valence-electron chi connectivity index (χ4n) is 2.50. The van der Waals surface area contributed by atoms with Crippen molar-refractivity contribution in [2.24, 2.45) is 0 Å². The van der Waals surface area contributed by atoms with Gasteiger partial charge in [-0.05, 0) is 54.8 Å². The van der Waals surface area contributed by atoms with Crippen LogP contribution in [-0.2, 0) is 6.42 Å². The van der Waals surface area contributed by atoms with Gasteiger partial charge in [-0.1, -0.05) is 0 Å². The second-order valence-corrected chi connectivity index (χ2v) is 6.42. The van der Waals surface area contributed by atoms with Crippen LogP contribution >= 0.6 is 22.9 Å². The number of rotatable bonds is 4. The topological polar surface area (TPSA) is 30.7 Å². The van der Waals surface area contributed by atoms with Gasteiger partial charge < -0.3 is 4.57 Å². The van der Waals surface area contributed by atoms with Crippen LogP contribution in [0.3, 0.4) is 0 Å². The summed E-state index contributed by atoms with van der Waals surface area (Å²) < 4.78 is 2.17. The van der Waals surface area contributed by atoms with Crippen molar-refractivity contribution < 1.29 is 0 Å². The first-order valence-electron chi connectivity index (χ1n) is 6.65. The third-order valence-electron chi connectivity index (χ3n) is 3.38. The SMILES string of the molecule is CC(Cl)c1nc2cccnc2n1C(C)Cc1ccsc1. The van der Waals surface area contributed by atoms with Crippen LogP contribution in [0.4, 0.5) is 0 Å². The van der Waals surface area contributed by atoms with E-state index in [1.807, 2.05) is 19.1 Å². The van der Waals surface area contributed by atoms with Gasteiger partial charge in [-0.25, -0.2) is 9.97 Å². The summed E-state index contributed by atoms with van der Waals surface area (Å²) in [4.78, 5) is 9.11. The van der Waals surface area contributed by atoms with Gasteiger partial charge in [0.2, 0.25) is 0 Å². The quantitative estimate of drug-likeness (QED) is 0.660. The highest BCUT2D eigenvalue weighted by atomic mass is 35.5. The molecule has 5 heteroatoms. The first-order chi connectivity index (χ1) is 9.66. The van der Waals surface area contributed by atoms with E-state index in [4.69, 9.17) is 11.6 Å². The van der Waals surface area contributed by atoms with Crippen molar-refractivity contribution in [1.29, 1.82) is 0 Å². The summed E-state index contributed by atoms with van der Waals surface area (Å²) >= 11 is 8.02. The molecule has 0 aliphatic carbocycles. The van der Waals surface area contributed by atoms with Crippen LogP contribution in [0.15, 0.2) is 35.2 Å². The monoisotopic (exact) mass is 305 g/mol. The van der Waals surface area contributed by atoms with Crippen molar-refractivity contribution in [2.75, 3.05) is 0 Å². The minimum atomic E-state index is -0.130. The number of aromatic nitrogens is 3. The molecule has 3 nitrogen and oxygen atoms in total. The van der Waals surface area contributed by atoms with E-state index in [1.165, 1.54) is 5.56 Å². The largest absolute Gasteiger partial charge is 0.308 e. The van der Waals surface area contributed by atoms with Gasteiger partial charge in [0, 0.05) is 12.2 Å². The number of alkyl halides is 1. The summed E-state index contributed by atoms with van der Waals surface area (Å²) in [5.74, 6) is 0.892. The zero-order valence-electron chi connectivity index (χ0n) is 11.5. The number of thiophene rings is 1. The summed E-state index contributed by atoms with van der Waals surface area (Å²) in [6, 6.07) is 6.34. The molecule has 3 rings (SSSR count). The second-order valence-electron chi connectivity index (χ2n) is 4.99. The number of nitrogens with zero attached hydrogens (tertiary/aromatic N) is 3. The number of halogens is 1. The highest BCUT2D eigenvalue weighted by Crippen LogP contribution is 2.28. The Labute approximate surface area is 127 Å². The van der Waals surface area contributed by atoms with Crippen molar-refractivity contribution in [3.63, 3.8) is 0 Å². The van der Waals surface area contributed by atoms with Crippen molar-refractivity contribution in [3.05, 3.63) is 46.5 Å².